The van der Waals surface area contributed by atoms with E-state index in [9.17, 15) is 4.79 Å². The van der Waals surface area contributed by atoms with Gasteiger partial charge in [-0.1, -0.05) is 37.6 Å². The largest absolute Gasteiger partial charge is 0.370 e. The molecule has 1 N–H and O–H groups in total. The third-order valence-corrected chi connectivity index (χ3v) is 4.13. The van der Waals surface area contributed by atoms with Crippen molar-refractivity contribution in [3.63, 3.8) is 0 Å². The minimum Gasteiger partial charge on any atom is -0.370 e. The van der Waals surface area contributed by atoms with Crippen LogP contribution in [0.3, 0.4) is 0 Å². The number of hydrogen-bond acceptors (Lipinski definition) is 3. The lowest BCUT2D eigenvalue weighted by Crippen LogP contribution is -2.32. The molecule has 0 aliphatic rings. The van der Waals surface area contributed by atoms with Crippen molar-refractivity contribution >= 4 is 23.3 Å². The van der Waals surface area contributed by atoms with E-state index in [0.717, 1.165) is 49.7 Å². The van der Waals surface area contributed by atoms with E-state index in [4.69, 9.17) is 11.6 Å². The number of nitrogens with one attached hydrogen (secondary N) is 1. The number of carbonyl (C=O) groups excluding carboxylic acids is 1. The lowest BCUT2D eigenvalue weighted by molar-refractivity contribution is 0.0755. The number of aromatic nitrogens is 1. The Balaban J connectivity index is 1.96. The van der Waals surface area contributed by atoms with Crippen LogP contribution in [0, 0.1) is 0 Å². The molecule has 2 aromatic rings. The van der Waals surface area contributed by atoms with E-state index in [0.29, 0.717) is 5.56 Å². The molecule has 0 spiro atoms. The number of pyridine rings is 1. The van der Waals surface area contributed by atoms with Gasteiger partial charge in [0, 0.05) is 36.4 Å². The first kappa shape index (κ1) is 19.3. The van der Waals surface area contributed by atoms with Gasteiger partial charge in [-0.3, -0.25) is 4.79 Å². The lowest BCUT2D eigenvalue weighted by Gasteiger charge is -2.21. The topological polar surface area (TPSA) is 45.2 Å². The van der Waals surface area contributed by atoms with Gasteiger partial charge in [0.2, 0.25) is 0 Å². The van der Waals surface area contributed by atoms with Crippen molar-refractivity contribution < 1.29 is 4.79 Å². The summed E-state index contributed by atoms with van der Waals surface area (Å²) < 4.78 is 0. The van der Waals surface area contributed by atoms with Crippen LogP contribution in [-0.2, 0) is 6.42 Å². The summed E-state index contributed by atoms with van der Waals surface area (Å²) in [7, 11) is 0. The number of carbonyl (C=O) groups is 1. The van der Waals surface area contributed by atoms with E-state index >= 15 is 0 Å². The zero-order valence-electron chi connectivity index (χ0n) is 15.0. The predicted octanol–water partition coefficient (Wildman–Crippen LogP) is 4.65. The van der Waals surface area contributed by atoms with Crippen molar-refractivity contribution in [2.45, 2.75) is 33.1 Å². The molecule has 0 bridgehead atoms. The molecular formula is C20H26ClN3O. The second-order valence-electron chi connectivity index (χ2n) is 6.03. The van der Waals surface area contributed by atoms with Gasteiger partial charge >= 0.3 is 0 Å². The highest BCUT2D eigenvalue weighted by Crippen LogP contribution is 2.13. The summed E-state index contributed by atoms with van der Waals surface area (Å²) in [5.74, 6) is 0.796. The molecule has 1 aromatic carbocycles. The molecule has 0 saturated carbocycles. The highest BCUT2D eigenvalue weighted by Gasteiger charge is 2.14. The standard InChI is InChI=1S/C20H26ClN3O/c1-3-12-24(13-4-2)20(25)17-9-11-23-19(15-17)22-10-8-16-6-5-7-18(21)14-16/h5-7,9,11,14-15H,3-4,8,10,12-13H2,1-2H3,(H,22,23). The molecule has 25 heavy (non-hydrogen) atoms. The van der Waals surface area contributed by atoms with Crippen molar-refractivity contribution in [3.05, 3.63) is 58.7 Å². The molecule has 134 valence electrons. The van der Waals surface area contributed by atoms with Crippen LogP contribution < -0.4 is 5.32 Å². The number of halogens is 1. The Hall–Kier alpha value is -2.07. The molecular weight excluding hydrogens is 334 g/mol. The third kappa shape index (κ3) is 6.05. The van der Waals surface area contributed by atoms with Gasteiger partial charge in [-0.2, -0.15) is 0 Å². The van der Waals surface area contributed by atoms with Crippen molar-refractivity contribution in [3.8, 4) is 0 Å². The second-order valence-corrected chi connectivity index (χ2v) is 6.47. The lowest BCUT2D eigenvalue weighted by atomic mass is 10.1. The number of nitrogens with zero attached hydrogens (tertiary/aromatic N) is 2. The molecule has 2 rings (SSSR count). The van der Waals surface area contributed by atoms with Crippen LogP contribution in [0.2, 0.25) is 5.02 Å². The fraction of sp³-hybridized carbons (Fsp3) is 0.400. The van der Waals surface area contributed by atoms with Crippen LogP contribution in [0.15, 0.2) is 42.6 Å². The van der Waals surface area contributed by atoms with Crippen LogP contribution in [0.1, 0.15) is 42.6 Å². The molecule has 1 heterocycles. The molecule has 1 amide bonds. The van der Waals surface area contributed by atoms with Gasteiger partial charge in [-0.15, -0.1) is 0 Å². The van der Waals surface area contributed by atoms with Crippen LogP contribution in [-0.4, -0.2) is 35.4 Å². The maximum Gasteiger partial charge on any atom is 0.254 e. The SMILES string of the molecule is CCCN(CCC)C(=O)c1ccnc(NCCc2cccc(Cl)c2)c1. The first-order valence-electron chi connectivity index (χ1n) is 8.87. The zero-order valence-corrected chi connectivity index (χ0v) is 15.7. The minimum absolute atomic E-state index is 0.0731. The second kappa shape index (κ2) is 10.0. The molecule has 0 radical (unpaired) electrons. The maximum atomic E-state index is 12.7. The highest BCUT2D eigenvalue weighted by molar-refractivity contribution is 6.30. The predicted molar refractivity (Wildman–Crippen MR) is 104 cm³/mol. The summed E-state index contributed by atoms with van der Waals surface area (Å²) in [6.45, 7) is 6.48. The van der Waals surface area contributed by atoms with Crippen LogP contribution in [0.4, 0.5) is 5.82 Å². The Morgan fingerprint density at radius 3 is 2.60 bits per heavy atom. The van der Waals surface area contributed by atoms with E-state index in [1.165, 1.54) is 5.56 Å². The summed E-state index contributed by atoms with van der Waals surface area (Å²) in [5, 5.41) is 4.03. The van der Waals surface area contributed by atoms with Gasteiger partial charge < -0.3 is 10.2 Å². The van der Waals surface area contributed by atoms with Crippen LogP contribution >= 0.6 is 11.6 Å². The Bertz CT molecular complexity index is 684. The number of rotatable bonds is 9. The molecule has 0 aliphatic carbocycles. The third-order valence-electron chi connectivity index (χ3n) is 3.89. The average Bonchev–Trinajstić information content (AvgIpc) is 2.61. The first-order valence-corrected chi connectivity index (χ1v) is 9.25. The first-order chi connectivity index (χ1) is 12.1. The van der Waals surface area contributed by atoms with E-state index in [-0.39, 0.29) is 5.91 Å². The quantitative estimate of drug-likeness (QED) is 0.708. The summed E-state index contributed by atoms with van der Waals surface area (Å²) in [4.78, 5) is 18.9. The number of anilines is 1. The van der Waals surface area contributed by atoms with Crippen molar-refractivity contribution in [1.82, 2.24) is 9.88 Å². The van der Waals surface area contributed by atoms with Gasteiger partial charge in [0.1, 0.15) is 5.82 Å². The smallest absolute Gasteiger partial charge is 0.254 e. The summed E-state index contributed by atoms with van der Waals surface area (Å²) in [6, 6.07) is 11.4. The van der Waals surface area contributed by atoms with E-state index in [1.807, 2.05) is 35.2 Å². The molecule has 4 nitrogen and oxygen atoms in total. The average molecular weight is 360 g/mol. The monoisotopic (exact) mass is 359 g/mol. The molecule has 0 saturated heterocycles. The van der Waals surface area contributed by atoms with E-state index in [2.05, 4.69) is 24.1 Å². The van der Waals surface area contributed by atoms with E-state index in [1.54, 1.807) is 12.3 Å². The number of hydrogen-bond donors (Lipinski definition) is 1. The number of amides is 1. The van der Waals surface area contributed by atoms with Crippen LogP contribution in [0.25, 0.3) is 0 Å². The fourth-order valence-corrected chi connectivity index (χ4v) is 2.94. The minimum atomic E-state index is 0.0731. The van der Waals surface area contributed by atoms with Gasteiger partial charge in [-0.05, 0) is 49.1 Å². The van der Waals surface area contributed by atoms with Crippen molar-refractivity contribution in [2.24, 2.45) is 0 Å². The molecule has 1 aromatic heterocycles. The Labute approximate surface area is 155 Å². The summed E-state index contributed by atoms with van der Waals surface area (Å²) >= 11 is 6.00. The molecule has 0 unspecified atom stereocenters. The summed E-state index contributed by atoms with van der Waals surface area (Å²) in [5.41, 5.74) is 1.85. The fourth-order valence-electron chi connectivity index (χ4n) is 2.72. The van der Waals surface area contributed by atoms with Crippen molar-refractivity contribution in [2.75, 3.05) is 25.0 Å². The molecule has 5 heteroatoms. The maximum absolute atomic E-state index is 12.7. The van der Waals surface area contributed by atoms with Gasteiger partial charge in [0.25, 0.3) is 5.91 Å². The number of benzene rings is 1. The zero-order chi connectivity index (χ0) is 18.1. The molecule has 0 atom stereocenters. The van der Waals surface area contributed by atoms with Gasteiger partial charge in [0.15, 0.2) is 0 Å². The highest BCUT2D eigenvalue weighted by atomic mass is 35.5. The molecule has 0 fully saturated rings. The van der Waals surface area contributed by atoms with Gasteiger partial charge in [0.05, 0.1) is 0 Å². The Kier molecular flexibility index (Phi) is 7.74. The van der Waals surface area contributed by atoms with E-state index < -0.39 is 0 Å². The van der Waals surface area contributed by atoms with Crippen LogP contribution in [0.5, 0.6) is 0 Å². The molecule has 0 aliphatic heterocycles. The normalized spacial score (nSPS) is 10.5. The Morgan fingerprint density at radius 2 is 1.92 bits per heavy atom. The summed E-state index contributed by atoms with van der Waals surface area (Å²) in [6.07, 6.45) is 4.45. The van der Waals surface area contributed by atoms with Gasteiger partial charge in [-0.25, -0.2) is 4.98 Å². The van der Waals surface area contributed by atoms with Crippen molar-refractivity contribution in [1.29, 1.82) is 0 Å². The Morgan fingerprint density at radius 1 is 1.16 bits per heavy atom.